The van der Waals surface area contributed by atoms with Crippen molar-refractivity contribution in [1.29, 1.82) is 0 Å². The molecule has 2 N–H and O–H groups in total. The van der Waals surface area contributed by atoms with Crippen molar-refractivity contribution in [1.82, 2.24) is 9.80 Å². The molecule has 2 amide bonds. The summed E-state index contributed by atoms with van der Waals surface area (Å²) < 4.78 is 6.84. The molecule has 28 heavy (non-hydrogen) atoms. The van der Waals surface area contributed by atoms with Gasteiger partial charge in [0.15, 0.2) is 5.88 Å². The minimum absolute atomic E-state index is 0.373. The van der Waals surface area contributed by atoms with E-state index in [4.69, 9.17) is 10.5 Å². The van der Waals surface area contributed by atoms with E-state index in [-0.39, 0.29) is 6.03 Å². The van der Waals surface area contributed by atoms with Gasteiger partial charge in [0.1, 0.15) is 0 Å². The summed E-state index contributed by atoms with van der Waals surface area (Å²) in [4.78, 5) is 18.6. The van der Waals surface area contributed by atoms with Crippen LogP contribution in [0.2, 0.25) is 0 Å². The average Bonchev–Trinajstić information content (AvgIpc) is 3.38. The maximum absolute atomic E-state index is 12.0. The molecule has 0 atom stereocenters. The molecule has 0 bridgehead atoms. The molecule has 2 aliphatic rings. The van der Waals surface area contributed by atoms with Crippen molar-refractivity contribution in [3.05, 3.63) is 41.6 Å². The molecule has 150 valence electrons. The predicted octanol–water partition coefficient (Wildman–Crippen LogP) is 3.45. The van der Waals surface area contributed by atoms with Crippen molar-refractivity contribution in [2.45, 2.75) is 19.3 Å². The summed E-state index contributed by atoms with van der Waals surface area (Å²) in [6.07, 6.45) is 5.24. The Bertz CT molecular complexity index is 842. The van der Waals surface area contributed by atoms with Gasteiger partial charge in [0.25, 0.3) is 0 Å². The van der Waals surface area contributed by atoms with Crippen LogP contribution in [0.1, 0.15) is 19.3 Å². The molecule has 0 aliphatic carbocycles. The van der Waals surface area contributed by atoms with E-state index >= 15 is 0 Å². The van der Waals surface area contributed by atoms with Gasteiger partial charge in [0.2, 0.25) is 0 Å². The number of ether oxygens (including phenoxy) is 1. The van der Waals surface area contributed by atoms with Gasteiger partial charge < -0.3 is 15.4 Å². The highest BCUT2D eigenvalue weighted by atomic mass is 32.1. The first-order chi connectivity index (χ1) is 13.7. The molecule has 3 heterocycles. The van der Waals surface area contributed by atoms with Crippen molar-refractivity contribution >= 4 is 33.1 Å². The second-order valence-electron chi connectivity index (χ2n) is 7.32. The van der Waals surface area contributed by atoms with Gasteiger partial charge in [-0.25, -0.2) is 4.79 Å². The molecule has 0 saturated carbocycles. The van der Waals surface area contributed by atoms with Crippen molar-refractivity contribution < 1.29 is 9.53 Å². The summed E-state index contributed by atoms with van der Waals surface area (Å²) in [5, 5.41) is 3.14. The fraction of sp³-hybridized carbons (Fsp3) is 0.476. The molecule has 2 aromatic rings. The largest absolute Gasteiger partial charge is 0.479 e. The van der Waals surface area contributed by atoms with Gasteiger partial charge in [0.05, 0.1) is 12.3 Å². The lowest BCUT2D eigenvalue weighted by molar-refractivity contribution is 0.0845. The molecule has 1 saturated heterocycles. The minimum Gasteiger partial charge on any atom is -0.479 e. The third-order valence-corrected chi connectivity index (χ3v) is 6.45. The van der Waals surface area contributed by atoms with Crippen LogP contribution in [0.5, 0.6) is 0 Å². The SMILES string of the molecule is NC(=O)N(CCCCN1CCN(C2=CCCO2)CC1)c1csc2ccccc12. The van der Waals surface area contributed by atoms with Gasteiger partial charge in [-0.15, -0.1) is 11.3 Å². The highest BCUT2D eigenvalue weighted by molar-refractivity contribution is 7.17. The first-order valence-corrected chi connectivity index (χ1v) is 10.9. The maximum Gasteiger partial charge on any atom is 0.319 e. The highest BCUT2D eigenvalue weighted by Gasteiger charge is 2.21. The second kappa shape index (κ2) is 8.84. The number of unbranched alkanes of at least 4 members (excludes halogenated alkanes) is 1. The molecule has 4 rings (SSSR count). The van der Waals surface area contributed by atoms with Gasteiger partial charge in [-0.1, -0.05) is 18.2 Å². The molecule has 0 unspecified atom stereocenters. The summed E-state index contributed by atoms with van der Waals surface area (Å²) in [5.74, 6) is 1.07. The number of primary amides is 1. The molecule has 1 aromatic heterocycles. The Morgan fingerprint density at radius 1 is 1.18 bits per heavy atom. The van der Waals surface area contributed by atoms with Crippen LogP contribution in [-0.4, -0.2) is 61.7 Å². The van der Waals surface area contributed by atoms with Crippen LogP contribution in [0.3, 0.4) is 0 Å². The van der Waals surface area contributed by atoms with E-state index in [0.29, 0.717) is 6.54 Å². The second-order valence-corrected chi connectivity index (χ2v) is 8.23. The zero-order chi connectivity index (χ0) is 19.3. The zero-order valence-corrected chi connectivity index (χ0v) is 17.0. The Hall–Kier alpha value is -2.25. The number of nitrogens with two attached hydrogens (primary N) is 1. The topological polar surface area (TPSA) is 62.0 Å². The third-order valence-electron chi connectivity index (χ3n) is 5.49. The van der Waals surface area contributed by atoms with Crippen molar-refractivity contribution in [2.75, 3.05) is 50.8 Å². The first kappa shape index (κ1) is 19.1. The van der Waals surface area contributed by atoms with Crippen molar-refractivity contribution in [3.8, 4) is 0 Å². The molecule has 1 fully saturated rings. The Morgan fingerprint density at radius 3 is 2.75 bits per heavy atom. The first-order valence-electron chi connectivity index (χ1n) is 10.1. The van der Waals surface area contributed by atoms with Gasteiger partial charge in [-0.3, -0.25) is 9.80 Å². The molecule has 6 nitrogen and oxygen atoms in total. The normalized spacial score (nSPS) is 17.6. The number of urea groups is 1. The molecule has 7 heteroatoms. The van der Waals surface area contributed by atoms with E-state index in [1.807, 2.05) is 17.5 Å². The summed E-state index contributed by atoms with van der Waals surface area (Å²) in [6.45, 7) is 6.73. The van der Waals surface area contributed by atoms with Crippen LogP contribution in [0.4, 0.5) is 10.5 Å². The Kier molecular flexibility index (Phi) is 6.02. The number of fused-ring (bicyclic) bond motifs is 1. The number of carbonyl (C=O) groups is 1. The lowest BCUT2D eigenvalue weighted by Crippen LogP contribution is -2.46. The van der Waals surface area contributed by atoms with E-state index in [1.165, 1.54) is 4.70 Å². The molecule has 2 aliphatic heterocycles. The third kappa shape index (κ3) is 4.25. The van der Waals surface area contributed by atoms with Gasteiger partial charge >= 0.3 is 6.03 Å². The Balaban J connectivity index is 1.24. The zero-order valence-electron chi connectivity index (χ0n) is 16.2. The lowest BCUT2D eigenvalue weighted by Gasteiger charge is -2.36. The number of hydrogen-bond acceptors (Lipinski definition) is 5. The Labute approximate surface area is 170 Å². The minimum atomic E-state index is -0.373. The highest BCUT2D eigenvalue weighted by Crippen LogP contribution is 2.33. The van der Waals surface area contributed by atoms with Crippen LogP contribution < -0.4 is 10.6 Å². The van der Waals surface area contributed by atoms with Crippen LogP contribution in [0.25, 0.3) is 10.1 Å². The summed E-state index contributed by atoms with van der Waals surface area (Å²) >= 11 is 1.66. The van der Waals surface area contributed by atoms with Gasteiger partial charge in [-0.2, -0.15) is 0 Å². The number of rotatable bonds is 7. The van der Waals surface area contributed by atoms with E-state index < -0.39 is 0 Å². The van der Waals surface area contributed by atoms with Crippen LogP contribution in [0.15, 0.2) is 41.6 Å². The van der Waals surface area contributed by atoms with E-state index in [2.05, 4.69) is 28.0 Å². The van der Waals surface area contributed by atoms with Crippen molar-refractivity contribution in [3.63, 3.8) is 0 Å². The van der Waals surface area contributed by atoms with Gasteiger partial charge in [0, 0.05) is 54.6 Å². The van der Waals surface area contributed by atoms with Crippen LogP contribution in [0, 0.1) is 0 Å². The summed E-state index contributed by atoms with van der Waals surface area (Å²) in [6, 6.07) is 7.79. The fourth-order valence-electron chi connectivity index (χ4n) is 3.94. The molecular weight excluding hydrogens is 372 g/mol. The number of amides is 2. The standard InChI is InChI=1S/C21H28N4O2S/c22-21(26)25(18-16-28-19-7-2-1-6-17(18)19)10-4-3-9-23-11-13-24(14-12-23)20-8-5-15-27-20/h1-2,6-8,16H,3-5,9-15H2,(H2,22,26). The number of hydrogen-bond donors (Lipinski definition) is 1. The van der Waals surface area contributed by atoms with Crippen LogP contribution in [-0.2, 0) is 4.74 Å². The van der Waals surface area contributed by atoms with E-state index in [9.17, 15) is 4.79 Å². The Morgan fingerprint density at radius 2 is 2.00 bits per heavy atom. The maximum atomic E-state index is 12.0. The van der Waals surface area contributed by atoms with Gasteiger partial charge in [-0.05, 0) is 31.5 Å². The molecule has 0 radical (unpaired) electrons. The summed E-state index contributed by atoms with van der Waals surface area (Å²) in [7, 11) is 0. The smallest absolute Gasteiger partial charge is 0.319 e. The molecule has 1 aromatic carbocycles. The quantitative estimate of drug-likeness (QED) is 0.723. The van der Waals surface area contributed by atoms with Crippen molar-refractivity contribution in [2.24, 2.45) is 5.73 Å². The van der Waals surface area contributed by atoms with E-state index in [0.717, 1.165) is 75.5 Å². The number of benzene rings is 1. The predicted molar refractivity (Wildman–Crippen MR) is 115 cm³/mol. The van der Waals surface area contributed by atoms with E-state index in [1.54, 1.807) is 16.2 Å². The number of thiophene rings is 1. The number of carbonyl (C=O) groups excluding carboxylic acids is 1. The molecular formula is C21H28N4O2S. The number of nitrogens with zero attached hydrogens (tertiary/aromatic N) is 3. The average molecular weight is 401 g/mol. The van der Waals surface area contributed by atoms with Crippen LogP contribution >= 0.6 is 11.3 Å². The fourth-order valence-corrected chi connectivity index (χ4v) is 4.89. The summed E-state index contributed by atoms with van der Waals surface area (Å²) in [5.41, 5.74) is 6.61. The number of piperazine rings is 1. The number of anilines is 1. The lowest BCUT2D eigenvalue weighted by atomic mass is 10.2. The monoisotopic (exact) mass is 400 g/mol. The molecule has 0 spiro atoms.